The molecule has 1 aromatic rings. The molecule has 0 radical (unpaired) electrons. The summed E-state index contributed by atoms with van der Waals surface area (Å²) < 4.78 is 4.88. The summed E-state index contributed by atoms with van der Waals surface area (Å²) in [6.07, 6.45) is 0. The van der Waals surface area contributed by atoms with Crippen LogP contribution in [-0.2, 0) is 5.79 Å². The van der Waals surface area contributed by atoms with E-state index in [0.717, 1.165) is 12.1 Å². The Labute approximate surface area is 106 Å². The normalized spacial score (nSPS) is 10.8. The number of nitro groups is 3. The molecule has 0 heterocycles. The van der Waals surface area contributed by atoms with E-state index in [0.29, 0.717) is 11.3 Å². The first kappa shape index (κ1) is 14.3. The number of hydrogen-bond acceptors (Lipinski definition) is 7. The third-order valence-electron chi connectivity index (χ3n) is 2.55. The van der Waals surface area contributed by atoms with E-state index >= 15 is 0 Å². The molecule has 0 aliphatic heterocycles. The van der Waals surface area contributed by atoms with Gasteiger partial charge in [0, 0.05) is 0 Å². The number of aryl methyl sites for hydroxylation is 1. The van der Waals surface area contributed by atoms with Crippen molar-refractivity contribution in [2.75, 3.05) is 7.11 Å². The molecule has 10 heteroatoms. The standard InChI is InChI=1S/C9H9N3O7/c1-6-5-7(3-4-8(6)19-2)9(10(13)14,11(15)16)12(17)18/h3-5H,1-2H3. The quantitative estimate of drug-likeness (QED) is 0.441. The maximum absolute atomic E-state index is 10.9. The predicted molar refractivity (Wildman–Crippen MR) is 60.4 cm³/mol. The zero-order chi connectivity index (χ0) is 14.8. The van der Waals surface area contributed by atoms with Crippen molar-refractivity contribution in [1.82, 2.24) is 0 Å². The molecule has 0 spiro atoms. The number of benzene rings is 1. The molecular formula is C9H9N3O7. The van der Waals surface area contributed by atoms with E-state index in [-0.39, 0.29) is 0 Å². The van der Waals surface area contributed by atoms with Gasteiger partial charge in [-0.15, -0.1) is 0 Å². The van der Waals surface area contributed by atoms with Crippen LogP contribution in [0.1, 0.15) is 11.1 Å². The first-order valence-electron chi connectivity index (χ1n) is 4.87. The number of methoxy groups -OCH3 is 1. The third-order valence-corrected chi connectivity index (χ3v) is 2.55. The van der Waals surface area contributed by atoms with E-state index in [2.05, 4.69) is 0 Å². The fourth-order valence-corrected chi connectivity index (χ4v) is 1.60. The topological polar surface area (TPSA) is 139 Å². The van der Waals surface area contributed by atoms with Crippen molar-refractivity contribution in [1.29, 1.82) is 0 Å². The van der Waals surface area contributed by atoms with Crippen molar-refractivity contribution in [3.8, 4) is 5.75 Å². The minimum absolute atomic E-state index is 0.313. The molecule has 0 fully saturated rings. The Balaban J connectivity index is 3.59. The average Bonchev–Trinajstić information content (AvgIpc) is 2.28. The zero-order valence-electron chi connectivity index (χ0n) is 9.93. The SMILES string of the molecule is COc1ccc(C([N+](=O)[O-])([N+](=O)[O-])[N+](=O)[O-])cc1C. The molecule has 102 valence electrons. The van der Waals surface area contributed by atoms with Crippen molar-refractivity contribution in [3.63, 3.8) is 0 Å². The number of nitrogens with zero attached hydrogens (tertiary/aromatic N) is 3. The smallest absolute Gasteiger partial charge is 0.496 e. The second-order valence-corrected chi connectivity index (χ2v) is 3.59. The highest BCUT2D eigenvalue weighted by Crippen LogP contribution is 2.30. The summed E-state index contributed by atoms with van der Waals surface area (Å²) in [6.45, 7) is 1.47. The first-order valence-corrected chi connectivity index (χ1v) is 4.87. The van der Waals surface area contributed by atoms with Crippen LogP contribution >= 0.6 is 0 Å². The maximum Gasteiger partial charge on any atom is 0.728 e. The molecule has 0 aliphatic carbocycles. The molecule has 0 bridgehead atoms. The Kier molecular flexibility index (Phi) is 3.64. The van der Waals surface area contributed by atoms with Gasteiger partial charge >= 0.3 is 5.79 Å². The van der Waals surface area contributed by atoms with E-state index in [1.54, 1.807) is 0 Å². The fraction of sp³-hybridized carbons (Fsp3) is 0.333. The molecule has 0 atom stereocenters. The lowest BCUT2D eigenvalue weighted by Crippen LogP contribution is -2.50. The van der Waals surface area contributed by atoms with Gasteiger partial charge < -0.3 is 4.74 Å². The Bertz CT molecular complexity index is 521. The maximum atomic E-state index is 10.9. The van der Waals surface area contributed by atoms with E-state index in [4.69, 9.17) is 4.74 Å². The highest BCUT2D eigenvalue weighted by atomic mass is 16.7. The van der Waals surface area contributed by atoms with Gasteiger partial charge in [0.15, 0.2) is 20.3 Å². The Morgan fingerprint density at radius 2 is 1.53 bits per heavy atom. The Morgan fingerprint density at radius 3 is 1.84 bits per heavy atom. The third kappa shape index (κ3) is 2.03. The number of ether oxygens (including phenoxy) is 1. The summed E-state index contributed by atoms with van der Waals surface area (Å²) in [6, 6.07) is 3.13. The van der Waals surface area contributed by atoms with E-state index < -0.39 is 26.1 Å². The van der Waals surface area contributed by atoms with Crippen molar-refractivity contribution < 1.29 is 19.5 Å². The van der Waals surface area contributed by atoms with Crippen LogP contribution in [0.15, 0.2) is 18.2 Å². The van der Waals surface area contributed by atoms with Crippen LogP contribution in [0.25, 0.3) is 0 Å². The van der Waals surface area contributed by atoms with Crippen LogP contribution in [0.4, 0.5) is 0 Å². The van der Waals surface area contributed by atoms with Crippen LogP contribution in [0, 0.1) is 37.3 Å². The number of hydrogen-bond donors (Lipinski definition) is 0. The van der Waals surface area contributed by atoms with Crippen molar-refractivity contribution in [2.45, 2.75) is 12.7 Å². The summed E-state index contributed by atoms with van der Waals surface area (Å²) in [7, 11) is 1.34. The fourth-order valence-electron chi connectivity index (χ4n) is 1.60. The van der Waals surface area contributed by atoms with Gasteiger partial charge in [0.25, 0.3) is 0 Å². The molecule has 0 aromatic heterocycles. The lowest BCUT2D eigenvalue weighted by molar-refractivity contribution is -0.986. The Morgan fingerprint density at radius 1 is 1.05 bits per heavy atom. The van der Waals surface area contributed by atoms with Gasteiger partial charge in [0.1, 0.15) is 5.75 Å². The molecule has 0 N–H and O–H groups in total. The van der Waals surface area contributed by atoms with Crippen molar-refractivity contribution >= 4 is 0 Å². The van der Waals surface area contributed by atoms with Crippen molar-refractivity contribution in [2.24, 2.45) is 0 Å². The van der Waals surface area contributed by atoms with Gasteiger partial charge in [-0.1, -0.05) is 0 Å². The highest BCUT2D eigenvalue weighted by molar-refractivity contribution is 5.37. The average molecular weight is 271 g/mol. The molecule has 0 amide bonds. The first-order chi connectivity index (χ1) is 8.78. The summed E-state index contributed by atoms with van der Waals surface area (Å²) >= 11 is 0. The molecule has 10 nitrogen and oxygen atoms in total. The molecule has 0 unspecified atom stereocenters. The second-order valence-electron chi connectivity index (χ2n) is 3.59. The minimum Gasteiger partial charge on any atom is -0.496 e. The minimum atomic E-state index is -3.61. The highest BCUT2D eigenvalue weighted by Gasteiger charge is 2.72. The summed E-state index contributed by atoms with van der Waals surface area (Å²) in [4.78, 5) is 28.0. The zero-order valence-corrected chi connectivity index (χ0v) is 9.93. The molecule has 0 aliphatic rings. The van der Waals surface area contributed by atoms with Gasteiger partial charge in [0.2, 0.25) is 0 Å². The summed E-state index contributed by atoms with van der Waals surface area (Å²) in [5.74, 6) is -3.30. The molecule has 0 saturated carbocycles. The van der Waals surface area contributed by atoms with Gasteiger partial charge in [-0.2, -0.15) is 0 Å². The van der Waals surface area contributed by atoms with E-state index in [1.807, 2.05) is 0 Å². The van der Waals surface area contributed by atoms with E-state index in [1.165, 1.54) is 20.1 Å². The summed E-state index contributed by atoms with van der Waals surface area (Å²) in [5, 5.41) is 32.6. The van der Waals surface area contributed by atoms with Gasteiger partial charge in [-0.3, -0.25) is 30.3 Å². The molecule has 1 rings (SSSR count). The van der Waals surface area contributed by atoms with Crippen LogP contribution in [0.2, 0.25) is 0 Å². The van der Waals surface area contributed by atoms with Gasteiger partial charge in [-0.05, 0) is 30.7 Å². The monoisotopic (exact) mass is 271 g/mol. The van der Waals surface area contributed by atoms with Crippen LogP contribution < -0.4 is 4.74 Å². The predicted octanol–water partition coefficient (Wildman–Crippen LogP) is 0.944. The molecule has 1 aromatic carbocycles. The van der Waals surface area contributed by atoms with E-state index in [9.17, 15) is 30.3 Å². The lowest BCUT2D eigenvalue weighted by atomic mass is 10.1. The Hall–Kier alpha value is -2.78. The van der Waals surface area contributed by atoms with Crippen LogP contribution in [0.5, 0.6) is 5.75 Å². The lowest BCUT2D eigenvalue weighted by Gasteiger charge is -2.10. The summed E-state index contributed by atoms with van der Waals surface area (Å²) in [5.41, 5.74) is -0.333. The van der Waals surface area contributed by atoms with Gasteiger partial charge in [-0.25, -0.2) is 0 Å². The largest absolute Gasteiger partial charge is 0.728 e. The van der Waals surface area contributed by atoms with Gasteiger partial charge in [0.05, 0.1) is 7.11 Å². The second kappa shape index (κ2) is 4.84. The molecular weight excluding hydrogens is 262 g/mol. The molecule has 0 saturated heterocycles. The van der Waals surface area contributed by atoms with Crippen LogP contribution in [0.3, 0.4) is 0 Å². The van der Waals surface area contributed by atoms with Crippen molar-refractivity contribution in [3.05, 3.63) is 59.7 Å². The number of rotatable bonds is 5. The van der Waals surface area contributed by atoms with Crippen LogP contribution in [-0.4, -0.2) is 21.9 Å². The molecule has 19 heavy (non-hydrogen) atoms.